The molecule has 0 heterocycles. The van der Waals surface area contributed by atoms with Crippen molar-refractivity contribution in [3.8, 4) is 0 Å². The molecule has 0 radical (unpaired) electrons. The molecule has 14 heavy (non-hydrogen) atoms. The molecule has 84 valence electrons. The Labute approximate surface area is 87.7 Å². The van der Waals surface area contributed by atoms with Crippen molar-refractivity contribution in [2.45, 2.75) is 70.5 Å². The van der Waals surface area contributed by atoms with E-state index in [-0.39, 0.29) is 6.10 Å². The second kappa shape index (κ2) is 7.24. The van der Waals surface area contributed by atoms with Crippen molar-refractivity contribution < 1.29 is 9.84 Å². The number of unbranched alkanes of at least 4 members (excludes halogenated alkanes) is 4. The zero-order valence-corrected chi connectivity index (χ0v) is 9.37. The van der Waals surface area contributed by atoms with Crippen molar-refractivity contribution in [2.75, 3.05) is 6.61 Å². The summed E-state index contributed by atoms with van der Waals surface area (Å²) in [6, 6.07) is 0. The van der Waals surface area contributed by atoms with Gasteiger partial charge in [0.2, 0.25) is 0 Å². The van der Waals surface area contributed by atoms with Gasteiger partial charge in [-0.3, -0.25) is 0 Å². The van der Waals surface area contributed by atoms with Gasteiger partial charge < -0.3 is 9.84 Å². The molecule has 0 aromatic carbocycles. The minimum atomic E-state index is -0.0971. The van der Waals surface area contributed by atoms with Crippen LogP contribution in [0.5, 0.6) is 0 Å². The number of aliphatic hydroxyl groups is 1. The van der Waals surface area contributed by atoms with Gasteiger partial charge in [-0.25, -0.2) is 0 Å². The average molecular weight is 200 g/mol. The fraction of sp³-hybridized carbons (Fsp3) is 1.00. The van der Waals surface area contributed by atoms with Gasteiger partial charge in [-0.2, -0.15) is 0 Å². The van der Waals surface area contributed by atoms with E-state index in [0.717, 1.165) is 25.9 Å². The van der Waals surface area contributed by atoms with Gasteiger partial charge in [0, 0.05) is 6.61 Å². The molecular weight excluding hydrogens is 176 g/mol. The maximum absolute atomic E-state index is 9.29. The lowest BCUT2D eigenvalue weighted by atomic mass is 10.2. The molecule has 2 atom stereocenters. The summed E-state index contributed by atoms with van der Waals surface area (Å²) in [6.07, 6.45) is 9.56. The van der Waals surface area contributed by atoms with E-state index in [9.17, 15) is 5.11 Å². The molecule has 0 aromatic heterocycles. The van der Waals surface area contributed by atoms with E-state index in [0.29, 0.717) is 6.10 Å². The van der Waals surface area contributed by atoms with E-state index < -0.39 is 0 Å². The van der Waals surface area contributed by atoms with Gasteiger partial charge in [-0.15, -0.1) is 0 Å². The molecule has 0 aliphatic heterocycles. The van der Waals surface area contributed by atoms with Gasteiger partial charge in [0.15, 0.2) is 0 Å². The van der Waals surface area contributed by atoms with Crippen LogP contribution < -0.4 is 0 Å². The fourth-order valence-corrected chi connectivity index (χ4v) is 2.02. The molecular formula is C12H24O2. The van der Waals surface area contributed by atoms with Crippen LogP contribution in [0.2, 0.25) is 0 Å². The molecule has 1 N–H and O–H groups in total. The normalized spacial score (nSPS) is 27.0. The zero-order valence-electron chi connectivity index (χ0n) is 9.37. The lowest BCUT2D eigenvalue weighted by Gasteiger charge is -2.10. The summed E-state index contributed by atoms with van der Waals surface area (Å²) in [4.78, 5) is 0. The van der Waals surface area contributed by atoms with Crippen molar-refractivity contribution in [1.82, 2.24) is 0 Å². The summed E-state index contributed by atoms with van der Waals surface area (Å²) in [6.45, 7) is 3.12. The quantitative estimate of drug-likeness (QED) is 0.640. The SMILES string of the molecule is CCCCCCCOC1CCC(O)C1. The highest BCUT2D eigenvalue weighted by molar-refractivity contribution is 4.74. The first-order valence-electron chi connectivity index (χ1n) is 6.12. The van der Waals surface area contributed by atoms with E-state index in [1.165, 1.54) is 32.1 Å². The smallest absolute Gasteiger partial charge is 0.0600 e. The molecule has 1 saturated carbocycles. The van der Waals surface area contributed by atoms with Gasteiger partial charge in [0.25, 0.3) is 0 Å². The summed E-state index contributed by atoms with van der Waals surface area (Å²) in [5, 5.41) is 9.29. The molecule has 1 rings (SSSR count). The van der Waals surface area contributed by atoms with Crippen molar-refractivity contribution in [3.05, 3.63) is 0 Å². The minimum absolute atomic E-state index is 0.0971. The second-order valence-electron chi connectivity index (χ2n) is 4.37. The topological polar surface area (TPSA) is 29.5 Å². The summed E-state index contributed by atoms with van der Waals surface area (Å²) in [7, 11) is 0. The van der Waals surface area contributed by atoms with E-state index in [1.54, 1.807) is 0 Å². The molecule has 0 saturated heterocycles. The van der Waals surface area contributed by atoms with Gasteiger partial charge >= 0.3 is 0 Å². The third-order valence-corrected chi connectivity index (χ3v) is 2.96. The summed E-state index contributed by atoms with van der Waals surface area (Å²) in [5.74, 6) is 0. The van der Waals surface area contributed by atoms with Crippen LogP contribution in [0.3, 0.4) is 0 Å². The van der Waals surface area contributed by atoms with Gasteiger partial charge in [0.1, 0.15) is 0 Å². The van der Waals surface area contributed by atoms with Crippen LogP contribution in [0.15, 0.2) is 0 Å². The first-order chi connectivity index (χ1) is 6.83. The van der Waals surface area contributed by atoms with Crippen LogP contribution in [0.1, 0.15) is 58.3 Å². The Morgan fingerprint density at radius 3 is 2.57 bits per heavy atom. The van der Waals surface area contributed by atoms with Crippen LogP contribution in [-0.2, 0) is 4.74 Å². The van der Waals surface area contributed by atoms with E-state index in [1.807, 2.05) is 0 Å². The van der Waals surface area contributed by atoms with Crippen LogP contribution in [0.25, 0.3) is 0 Å². The van der Waals surface area contributed by atoms with Crippen LogP contribution in [0, 0.1) is 0 Å². The molecule has 0 aromatic rings. The Morgan fingerprint density at radius 2 is 1.93 bits per heavy atom. The van der Waals surface area contributed by atoms with Crippen LogP contribution in [0.4, 0.5) is 0 Å². The maximum Gasteiger partial charge on any atom is 0.0600 e. The Bertz CT molecular complexity index is 136. The van der Waals surface area contributed by atoms with Crippen LogP contribution >= 0.6 is 0 Å². The predicted molar refractivity (Wildman–Crippen MR) is 58.4 cm³/mol. The summed E-state index contributed by atoms with van der Waals surface area (Å²) >= 11 is 0. The molecule has 1 fully saturated rings. The molecule has 1 aliphatic carbocycles. The van der Waals surface area contributed by atoms with Crippen LogP contribution in [-0.4, -0.2) is 23.9 Å². The molecule has 2 heteroatoms. The Morgan fingerprint density at radius 1 is 1.14 bits per heavy atom. The number of aliphatic hydroxyl groups excluding tert-OH is 1. The van der Waals surface area contributed by atoms with Crippen molar-refractivity contribution in [2.24, 2.45) is 0 Å². The zero-order chi connectivity index (χ0) is 10.2. The van der Waals surface area contributed by atoms with E-state index in [2.05, 4.69) is 6.92 Å². The number of rotatable bonds is 7. The van der Waals surface area contributed by atoms with E-state index >= 15 is 0 Å². The van der Waals surface area contributed by atoms with Gasteiger partial charge in [-0.05, 0) is 25.7 Å². The van der Waals surface area contributed by atoms with Crippen molar-refractivity contribution in [3.63, 3.8) is 0 Å². The molecule has 0 amide bonds. The molecule has 0 spiro atoms. The highest BCUT2D eigenvalue weighted by Crippen LogP contribution is 2.21. The Hall–Kier alpha value is -0.0800. The predicted octanol–water partition coefficient (Wildman–Crippen LogP) is 2.89. The van der Waals surface area contributed by atoms with Crippen molar-refractivity contribution >= 4 is 0 Å². The maximum atomic E-state index is 9.29. The third-order valence-electron chi connectivity index (χ3n) is 2.96. The molecule has 1 aliphatic rings. The molecule has 2 nitrogen and oxygen atoms in total. The second-order valence-corrected chi connectivity index (χ2v) is 4.37. The van der Waals surface area contributed by atoms with Gasteiger partial charge in [-0.1, -0.05) is 32.6 Å². The fourth-order valence-electron chi connectivity index (χ4n) is 2.02. The highest BCUT2D eigenvalue weighted by atomic mass is 16.5. The lowest BCUT2D eigenvalue weighted by Crippen LogP contribution is -2.10. The average Bonchev–Trinajstić information content (AvgIpc) is 2.58. The molecule has 0 bridgehead atoms. The minimum Gasteiger partial charge on any atom is -0.393 e. The Balaban J connectivity index is 1.84. The number of hydrogen-bond donors (Lipinski definition) is 1. The number of ether oxygens (including phenoxy) is 1. The lowest BCUT2D eigenvalue weighted by molar-refractivity contribution is 0.0450. The number of hydrogen-bond acceptors (Lipinski definition) is 2. The van der Waals surface area contributed by atoms with Crippen molar-refractivity contribution in [1.29, 1.82) is 0 Å². The Kier molecular flexibility index (Phi) is 6.20. The standard InChI is InChI=1S/C12H24O2/c1-2-3-4-5-6-9-14-12-8-7-11(13)10-12/h11-13H,2-10H2,1H3. The highest BCUT2D eigenvalue weighted by Gasteiger charge is 2.22. The third kappa shape index (κ3) is 4.97. The summed E-state index contributed by atoms with van der Waals surface area (Å²) in [5.41, 5.74) is 0. The first-order valence-corrected chi connectivity index (χ1v) is 6.12. The largest absolute Gasteiger partial charge is 0.393 e. The van der Waals surface area contributed by atoms with Gasteiger partial charge in [0.05, 0.1) is 12.2 Å². The molecule has 2 unspecified atom stereocenters. The van der Waals surface area contributed by atoms with E-state index in [4.69, 9.17) is 4.74 Å². The first kappa shape index (κ1) is 12.0. The summed E-state index contributed by atoms with van der Waals surface area (Å²) < 4.78 is 5.69. The monoisotopic (exact) mass is 200 g/mol.